The first-order valence-corrected chi connectivity index (χ1v) is 8.84. The number of hydrogen-bond acceptors (Lipinski definition) is 5. The number of carbonyl (C=O) groups excluding carboxylic acids is 1. The van der Waals surface area contributed by atoms with Crippen molar-refractivity contribution in [3.8, 4) is 0 Å². The van der Waals surface area contributed by atoms with Crippen molar-refractivity contribution >= 4 is 29.3 Å². The molecule has 2 aliphatic heterocycles. The Morgan fingerprint density at radius 3 is 2.84 bits per heavy atom. The lowest BCUT2D eigenvalue weighted by molar-refractivity contribution is -0.138. The van der Waals surface area contributed by atoms with E-state index in [2.05, 4.69) is 9.88 Å². The van der Waals surface area contributed by atoms with E-state index in [1.54, 1.807) is 4.90 Å². The fourth-order valence-corrected chi connectivity index (χ4v) is 4.21. The van der Waals surface area contributed by atoms with Crippen molar-refractivity contribution in [2.45, 2.75) is 25.7 Å². The number of hydrogen-bond donors (Lipinski definition) is 2. The third-order valence-corrected chi connectivity index (χ3v) is 5.43. The number of piperidine rings is 2. The molecule has 25 heavy (non-hydrogen) atoms. The molecule has 8 heteroatoms. The minimum absolute atomic E-state index is 0.0300. The number of aliphatic hydroxyl groups excluding tert-OH is 1. The highest BCUT2D eigenvalue weighted by Crippen LogP contribution is 2.41. The van der Waals surface area contributed by atoms with Gasteiger partial charge in [0.1, 0.15) is 5.82 Å². The number of anilines is 1. The van der Waals surface area contributed by atoms with Gasteiger partial charge in [-0.2, -0.15) is 0 Å². The molecule has 2 saturated heterocycles. The highest BCUT2D eigenvalue weighted by Gasteiger charge is 2.42. The maximum atomic E-state index is 12.0. The van der Waals surface area contributed by atoms with Crippen molar-refractivity contribution in [3.63, 3.8) is 0 Å². The smallest absolute Gasteiger partial charge is 0.337 e. The maximum absolute atomic E-state index is 12.0. The lowest BCUT2D eigenvalue weighted by Gasteiger charge is -2.48. The molecule has 2 aliphatic rings. The van der Waals surface area contributed by atoms with E-state index in [1.807, 2.05) is 0 Å². The minimum atomic E-state index is -1.05. The predicted molar refractivity (Wildman–Crippen MR) is 93.0 cm³/mol. The van der Waals surface area contributed by atoms with Gasteiger partial charge in [0.15, 0.2) is 0 Å². The molecule has 1 aromatic heterocycles. The lowest BCUT2D eigenvalue weighted by Crippen LogP contribution is -2.54. The standard InChI is InChI=1S/C17H22ClN3O4/c18-13-8-12(16(24)25)9-19-15(13)21-5-1-3-17(11-21)4-2-14(23)20(10-17)6-7-22/h8-9,22H,1-7,10-11H2,(H,24,25)/t17-/m1/s1. The van der Waals surface area contributed by atoms with Gasteiger partial charge in [-0.05, 0) is 25.3 Å². The van der Waals surface area contributed by atoms with E-state index in [1.165, 1.54) is 12.3 Å². The Balaban J connectivity index is 1.79. The van der Waals surface area contributed by atoms with Crippen molar-refractivity contribution in [1.29, 1.82) is 0 Å². The Labute approximate surface area is 151 Å². The van der Waals surface area contributed by atoms with Gasteiger partial charge in [0.2, 0.25) is 5.91 Å². The number of aliphatic hydroxyl groups is 1. The summed E-state index contributed by atoms with van der Waals surface area (Å²) in [6.45, 7) is 2.49. The van der Waals surface area contributed by atoms with Crippen LogP contribution in [-0.4, -0.2) is 64.8 Å². The maximum Gasteiger partial charge on any atom is 0.337 e. The summed E-state index contributed by atoms with van der Waals surface area (Å²) in [6.07, 6.45) is 4.61. The number of carboxylic acid groups (broad SMARTS) is 1. The highest BCUT2D eigenvalue weighted by atomic mass is 35.5. The van der Waals surface area contributed by atoms with Crippen molar-refractivity contribution in [1.82, 2.24) is 9.88 Å². The number of nitrogens with zero attached hydrogens (tertiary/aromatic N) is 3. The topological polar surface area (TPSA) is 94.0 Å². The molecule has 0 aliphatic carbocycles. The van der Waals surface area contributed by atoms with Gasteiger partial charge in [0.05, 0.1) is 17.2 Å². The van der Waals surface area contributed by atoms with E-state index in [4.69, 9.17) is 16.7 Å². The number of pyridine rings is 1. The van der Waals surface area contributed by atoms with Crippen molar-refractivity contribution < 1.29 is 19.8 Å². The molecule has 0 radical (unpaired) electrons. The largest absolute Gasteiger partial charge is 0.478 e. The first-order valence-electron chi connectivity index (χ1n) is 8.46. The van der Waals surface area contributed by atoms with Crippen LogP contribution in [0.5, 0.6) is 0 Å². The van der Waals surface area contributed by atoms with Gasteiger partial charge in [-0.25, -0.2) is 9.78 Å². The van der Waals surface area contributed by atoms with E-state index in [0.29, 0.717) is 30.4 Å². The van der Waals surface area contributed by atoms with Crippen LogP contribution < -0.4 is 4.90 Å². The number of carbonyl (C=O) groups is 2. The number of carboxylic acids is 1. The lowest BCUT2D eigenvalue weighted by atomic mass is 9.73. The Morgan fingerprint density at radius 1 is 1.36 bits per heavy atom. The van der Waals surface area contributed by atoms with Crippen LogP contribution in [0.1, 0.15) is 36.0 Å². The van der Waals surface area contributed by atoms with Crippen LogP contribution in [-0.2, 0) is 4.79 Å². The van der Waals surface area contributed by atoms with Crippen molar-refractivity contribution in [2.24, 2.45) is 5.41 Å². The molecule has 1 amide bonds. The first-order chi connectivity index (χ1) is 11.9. The monoisotopic (exact) mass is 367 g/mol. The van der Waals surface area contributed by atoms with Gasteiger partial charge >= 0.3 is 5.97 Å². The van der Waals surface area contributed by atoms with Gasteiger partial charge in [-0.15, -0.1) is 0 Å². The van der Waals surface area contributed by atoms with Crippen molar-refractivity contribution in [2.75, 3.05) is 37.7 Å². The summed E-state index contributed by atoms with van der Waals surface area (Å²) in [5.74, 6) is -0.364. The zero-order valence-electron chi connectivity index (χ0n) is 13.9. The van der Waals surface area contributed by atoms with E-state index < -0.39 is 5.97 Å². The second-order valence-electron chi connectivity index (χ2n) is 6.90. The molecule has 0 aromatic carbocycles. The molecule has 3 rings (SSSR count). The SMILES string of the molecule is O=C(O)c1cnc(N2CCC[C@]3(CCC(=O)N(CCO)C3)C2)c(Cl)c1. The van der Waals surface area contributed by atoms with Crippen molar-refractivity contribution in [3.05, 3.63) is 22.8 Å². The molecule has 0 saturated carbocycles. The second-order valence-corrected chi connectivity index (χ2v) is 7.31. The van der Waals surface area contributed by atoms with Crippen LogP contribution in [0.25, 0.3) is 0 Å². The van der Waals surface area contributed by atoms with Gasteiger partial charge in [0.25, 0.3) is 0 Å². The quantitative estimate of drug-likeness (QED) is 0.840. The third-order valence-electron chi connectivity index (χ3n) is 5.15. The average molecular weight is 368 g/mol. The molecule has 3 heterocycles. The highest BCUT2D eigenvalue weighted by molar-refractivity contribution is 6.33. The Hall–Kier alpha value is -1.86. The third kappa shape index (κ3) is 3.72. The Bertz CT molecular complexity index is 684. The van der Waals surface area contributed by atoms with E-state index in [0.717, 1.165) is 32.4 Å². The molecule has 1 atom stereocenters. The zero-order valence-corrected chi connectivity index (χ0v) is 14.7. The fourth-order valence-electron chi connectivity index (χ4n) is 3.93. The van der Waals surface area contributed by atoms with Crippen LogP contribution in [0.4, 0.5) is 5.82 Å². The van der Waals surface area contributed by atoms with Crippen LogP contribution in [0.2, 0.25) is 5.02 Å². The molecular formula is C17H22ClN3O4. The molecule has 2 N–H and O–H groups in total. The van der Waals surface area contributed by atoms with Gasteiger partial charge in [-0.3, -0.25) is 4.79 Å². The molecule has 136 valence electrons. The number of β-amino-alcohol motifs (C(OH)–C–C–N with tert-alkyl or cyclic N) is 1. The van der Waals surface area contributed by atoms with Gasteiger partial charge in [-0.1, -0.05) is 11.6 Å². The average Bonchev–Trinajstić information content (AvgIpc) is 2.58. The van der Waals surface area contributed by atoms with Gasteiger partial charge < -0.3 is 20.0 Å². The molecule has 0 bridgehead atoms. The Kier molecular flexibility index (Phi) is 5.15. The number of aromatic nitrogens is 1. The summed E-state index contributed by atoms with van der Waals surface area (Å²) in [5.41, 5.74) is 0.0375. The van der Waals surface area contributed by atoms with Crippen LogP contribution in [0, 0.1) is 5.41 Å². The molecular weight excluding hydrogens is 346 g/mol. The summed E-state index contributed by atoms with van der Waals surface area (Å²) in [7, 11) is 0. The molecule has 2 fully saturated rings. The summed E-state index contributed by atoms with van der Waals surface area (Å²) < 4.78 is 0. The summed E-state index contributed by atoms with van der Waals surface area (Å²) >= 11 is 6.27. The summed E-state index contributed by atoms with van der Waals surface area (Å²) in [4.78, 5) is 31.2. The van der Waals surface area contributed by atoms with E-state index in [9.17, 15) is 14.7 Å². The number of rotatable bonds is 4. The molecule has 1 aromatic rings. The van der Waals surface area contributed by atoms with E-state index >= 15 is 0 Å². The van der Waals surface area contributed by atoms with Crippen LogP contribution in [0.15, 0.2) is 12.3 Å². The number of likely N-dealkylation sites (tertiary alicyclic amines) is 1. The molecule has 1 spiro atoms. The molecule has 0 unspecified atom stereocenters. The molecule has 7 nitrogen and oxygen atoms in total. The predicted octanol–water partition coefficient (Wildman–Crippen LogP) is 1.63. The van der Waals surface area contributed by atoms with Crippen LogP contribution in [0.3, 0.4) is 0 Å². The van der Waals surface area contributed by atoms with E-state index in [-0.39, 0.29) is 23.5 Å². The number of halogens is 1. The zero-order chi connectivity index (χ0) is 18.0. The fraction of sp³-hybridized carbons (Fsp3) is 0.588. The first kappa shape index (κ1) is 17.9. The summed E-state index contributed by atoms with van der Waals surface area (Å²) in [6, 6.07) is 1.43. The van der Waals surface area contributed by atoms with Gasteiger partial charge in [0, 0.05) is 44.2 Å². The van der Waals surface area contributed by atoms with Crippen LogP contribution >= 0.6 is 11.6 Å². The number of amides is 1. The summed E-state index contributed by atoms with van der Waals surface area (Å²) in [5, 5.41) is 18.6. The Morgan fingerprint density at radius 2 is 2.16 bits per heavy atom. The number of aromatic carboxylic acids is 1. The second kappa shape index (κ2) is 7.17. The minimum Gasteiger partial charge on any atom is -0.478 e. The normalized spacial score (nSPS) is 24.0.